The predicted molar refractivity (Wildman–Crippen MR) is 83.8 cm³/mol. The van der Waals surface area contributed by atoms with E-state index in [1.807, 2.05) is 25.7 Å². The average molecular weight is 320 g/mol. The molecule has 0 aliphatic carbocycles. The Balaban J connectivity index is 1.66. The highest BCUT2D eigenvalue weighted by atomic mass is 16.7. The molecule has 3 heterocycles. The maximum absolute atomic E-state index is 12.0. The number of rotatable bonds is 2. The molecule has 2 N–H and O–H groups in total. The molecular weight excluding hydrogens is 300 g/mol. The number of hydrogen-bond acceptors (Lipinski definition) is 7. The summed E-state index contributed by atoms with van der Waals surface area (Å²) in [6, 6.07) is 0. The van der Waals surface area contributed by atoms with E-state index in [1.165, 1.54) is 6.33 Å². The van der Waals surface area contributed by atoms with Crippen LogP contribution in [0.1, 0.15) is 20.8 Å². The summed E-state index contributed by atoms with van der Waals surface area (Å²) < 4.78 is 0. The van der Waals surface area contributed by atoms with E-state index in [2.05, 4.69) is 19.9 Å². The van der Waals surface area contributed by atoms with Crippen molar-refractivity contribution in [2.75, 3.05) is 31.1 Å². The number of carbonyl (C=O) groups excluding carboxylic acids is 1. The van der Waals surface area contributed by atoms with Crippen LogP contribution in [-0.4, -0.2) is 57.1 Å². The Kier molecular flexibility index (Phi) is 3.80. The molecule has 0 unspecified atom stereocenters. The topological polar surface area (TPSA) is 107 Å². The van der Waals surface area contributed by atoms with Gasteiger partial charge in [-0.3, -0.25) is 9.78 Å². The molecule has 0 spiro atoms. The zero-order chi connectivity index (χ0) is 16.6. The number of nitrogens with one attached hydrogen (secondary N) is 2. The van der Waals surface area contributed by atoms with Crippen LogP contribution in [0.3, 0.4) is 0 Å². The van der Waals surface area contributed by atoms with E-state index in [9.17, 15) is 9.59 Å². The second-order valence-corrected chi connectivity index (χ2v) is 6.54. The summed E-state index contributed by atoms with van der Waals surface area (Å²) in [5.74, 6) is 0.229. The monoisotopic (exact) mass is 320 g/mol. The molecule has 0 radical (unpaired) electrons. The third-order valence-corrected chi connectivity index (χ3v) is 3.65. The maximum atomic E-state index is 12.0. The molecular formula is C14H20N6O3. The van der Waals surface area contributed by atoms with Crippen LogP contribution in [-0.2, 0) is 9.63 Å². The van der Waals surface area contributed by atoms with Gasteiger partial charge in [0.2, 0.25) is 5.95 Å². The number of carbonyl (C=O) groups is 1. The SMILES string of the molecule is CC(C)(C)C(=O)ON1CCN(c2nc3nc[nH]c3c(=O)[nH]2)CC1. The Labute approximate surface area is 132 Å². The zero-order valence-electron chi connectivity index (χ0n) is 13.4. The lowest BCUT2D eigenvalue weighted by Gasteiger charge is -2.34. The van der Waals surface area contributed by atoms with Crippen LogP contribution in [0.5, 0.6) is 0 Å². The number of hydroxylamine groups is 2. The van der Waals surface area contributed by atoms with Gasteiger partial charge >= 0.3 is 5.97 Å². The first-order valence-corrected chi connectivity index (χ1v) is 7.50. The second kappa shape index (κ2) is 5.65. The molecule has 1 fully saturated rings. The Morgan fingerprint density at radius 2 is 1.96 bits per heavy atom. The van der Waals surface area contributed by atoms with Crippen molar-refractivity contribution in [2.45, 2.75) is 20.8 Å². The fourth-order valence-electron chi connectivity index (χ4n) is 2.23. The van der Waals surface area contributed by atoms with Crippen molar-refractivity contribution in [3.63, 3.8) is 0 Å². The predicted octanol–water partition coefficient (Wildman–Crippen LogP) is 0.273. The summed E-state index contributed by atoms with van der Waals surface area (Å²) in [6.07, 6.45) is 1.45. The van der Waals surface area contributed by atoms with Crippen LogP contribution in [0.25, 0.3) is 11.2 Å². The van der Waals surface area contributed by atoms with Gasteiger partial charge in [0.1, 0.15) is 0 Å². The number of aromatic nitrogens is 4. The third-order valence-electron chi connectivity index (χ3n) is 3.65. The Hall–Kier alpha value is -2.42. The number of anilines is 1. The molecule has 124 valence electrons. The van der Waals surface area contributed by atoms with Crippen LogP contribution >= 0.6 is 0 Å². The van der Waals surface area contributed by atoms with Gasteiger partial charge in [-0.2, -0.15) is 4.98 Å². The van der Waals surface area contributed by atoms with Crippen LogP contribution in [0.4, 0.5) is 5.95 Å². The molecule has 9 nitrogen and oxygen atoms in total. The van der Waals surface area contributed by atoms with Crippen LogP contribution in [0.2, 0.25) is 0 Å². The first-order chi connectivity index (χ1) is 10.8. The van der Waals surface area contributed by atoms with E-state index in [0.717, 1.165) is 0 Å². The number of nitrogens with zero attached hydrogens (tertiary/aromatic N) is 4. The zero-order valence-corrected chi connectivity index (χ0v) is 13.4. The quantitative estimate of drug-likeness (QED) is 0.818. The highest BCUT2D eigenvalue weighted by Gasteiger charge is 2.28. The molecule has 9 heteroatoms. The molecule has 0 bridgehead atoms. The molecule has 23 heavy (non-hydrogen) atoms. The third kappa shape index (κ3) is 3.19. The first kappa shape index (κ1) is 15.5. The smallest absolute Gasteiger partial charge is 0.330 e. The first-order valence-electron chi connectivity index (χ1n) is 7.50. The number of fused-ring (bicyclic) bond motifs is 1. The number of imidazole rings is 1. The largest absolute Gasteiger partial charge is 0.367 e. The molecule has 3 rings (SSSR count). The van der Waals surface area contributed by atoms with Crippen molar-refractivity contribution in [1.29, 1.82) is 0 Å². The van der Waals surface area contributed by atoms with Gasteiger partial charge in [0.15, 0.2) is 11.2 Å². The van der Waals surface area contributed by atoms with Gasteiger partial charge < -0.3 is 14.7 Å². The molecule has 0 amide bonds. The molecule has 0 aromatic carbocycles. The molecule has 2 aromatic heterocycles. The summed E-state index contributed by atoms with van der Waals surface area (Å²) in [6.45, 7) is 7.73. The van der Waals surface area contributed by atoms with E-state index in [4.69, 9.17) is 4.84 Å². The Morgan fingerprint density at radius 3 is 2.61 bits per heavy atom. The molecule has 1 aliphatic heterocycles. The van der Waals surface area contributed by atoms with Crippen molar-refractivity contribution < 1.29 is 9.63 Å². The van der Waals surface area contributed by atoms with E-state index < -0.39 is 5.41 Å². The van der Waals surface area contributed by atoms with Crippen molar-refractivity contribution in [3.8, 4) is 0 Å². The van der Waals surface area contributed by atoms with E-state index in [0.29, 0.717) is 43.3 Å². The van der Waals surface area contributed by atoms with Gasteiger partial charge in [-0.15, -0.1) is 5.06 Å². The maximum Gasteiger partial charge on any atom is 0.330 e. The van der Waals surface area contributed by atoms with Gasteiger partial charge in [0, 0.05) is 13.1 Å². The van der Waals surface area contributed by atoms with Crippen LogP contribution in [0.15, 0.2) is 11.1 Å². The number of aromatic amines is 2. The van der Waals surface area contributed by atoms with Gasteiger partial charge in [-0.25, -0.2) is 9.78 Å². The van der Waals surface area contributed by atoms with Gasteiger partial charge in [-0.1, -0.05) is 0 Å². The minimum Gasteiger partial charge on any atom is -0.367 e. The van der Waals surface area contributed by atoms with Crippen molar-refractivity contribution >= 4 is 23.1 Å². The molecule has 1 aliphatic rings. The molecule has 2 aromatic rings. The standard InChI is InChI=1S/C14H20N6O3/c1-14(2,3)12(22)23-20-6-4-19(5-7-20)13-17-10-9(11(21)18-13)15-8-16-10/h8H,4-7H2,1-3H3,(H2,15,16,17,18,21). The van der Waals surface area contributed by atoms with Crippen molar-refractivity contribution in [2.24, 2.45) is 5.41 Å². The number of hydrogen-bond donors (Lipinski definition) is 2. The second-order valence-electron chi connectivity index (χ2n) is 6.54. The van der Waals surface area contributed by atoms with Crippen LogP contribution in [0, 0.1) is 5.41 Å². The highest BCUT2D eigenvalue weighted by Crippen LogP contribution is 2.18. The minimum absolute atomic E-state index is 0.246. The van der Waals surface area contributed by atoms with Crippen molar-refractivity contribution in [3.05, 3.63) is 16.7 Å². The minimum atomic E-state index is -0.533. The summed E-state index contributed by atoms with van der Waals surface area (Å²) >= 11 is 0. The summed E-state index contributed by atoms with van der Waals surface area (Å²) in [7, 11) is 0. The van der Waals surface area contributed by atoms with Crippen LogP contribution < -0.4 is 10.5 Å². The molecule has 1 saturated heterocycles. The van der Waals surface area contributed by atoms with Gasteiger partial charge in [0.25, 0.3) is 5.56 Å². The fraction of sp³-hybridized carbons (Fsp3) is 0.571. The lowest BCUT2D eigenvalue weighted by Crippen LogP contribution is -2.48. The van der Waals surface area contributed by atoms with E-state index >= 15 is 0 Å². The Bertz CT molecular complexity index is 767. The van der Waals surface area contributed by atoms with E-state index in [1.54, 1.807) is 5.06 Å². The van der Waals surface area contributed by atoms with Crippen molar-refractivity contribution in [1.82, 2.24) is 25.0 Å². The lowest BCUT2D eigenvalue weighted by molar-refractivity contribution is -0.201. The number of H-pyrrole nitrogens is 2. The van der Waals surface area contributed by atoms with Gasteiger partial charge in [-0.05, 0) is 20.8 Å². The van der Waals surface area contributed by atoms with E-state index in [-0.39, 0.29) is 11.5 Å². The van der Waals surface area contributed by atoms with Gasteiger partial charge in [0.05, 0.1) is 24.8 Å². The normalized spacial score (nSPS) is 16.7. The summed E-state index contributed by atoms with van der Waals surface area (Å²) in [5, 5.41) is 1.65. The fourth-order valence-corrected chi connectivity index (χ4v) is 2.23. The highest BCUT2D eigenvalue weighted by molar-refractivity contribution is 5.75. The number of piperazine rings is 1. The summed E-state index contributed by atoms with van der Waals surface area (Å²) in [4.78, 5) is 45.0. The Morgan fingerprint density at radius 1 is 1.26 bits per heavy atom. The average Bonchev–Trinajstić information content (AvgIpc) is 2.96. The molecule has 0 atom stereocenters. The lowest BCUT2D eigenvalue weighted by atomic mass is 9.98. The summed E-state index contributed by atoms with van der Waals surface area (Å²) in [5.41, 5.74) is -0.0181. The molecule has 0 saturated carbocycles.